The predicted octanol–water partition coefficient (Wildman–Crippen LogP) is -0.227. The summed E-state index contributed by atoms with van der Waals surface area (Å²) in [5.41, 5.74) is 18.9. The molecule has 0 spiro atoms. The van der Waals surface area contributed by atoms with Crippen molar-refractivity contribution in [3.63, 3.8) is 0 Å². The molecule has 23 nitrogen and oxygen atoms in total. The molecule has 0 saturated heterocycles. The summed E-state index contributed by atoms with van der Waals surface area (Å²) in [6.07, 6.45) is -2.73. The Morgan fingerprint density at radius 3 is 2.11 bits per heavy atom. The molecular weight excluding hydrogens is 968 g/mol. The molecule has 4 amide bonds. The summed E-state index contributed by atoms with van der Waals surface area (Å²) in [6.45, 7) is 5.15. The van der Waals surface area contributed by atoms with E-state index in [1.807, 2.05) is 37.6 Å². The highest BCUT2D eigenvalue weighted by molar-refractivity contribution is 7.87. The number of hydrogen-bond donors (Lipinski definition) is 12. The molecule has 2 heterocycles. The third-order valence-electron chi connectivity index (χ3n) is 11.3. The van der Waals surface area contributed by atoms with Crippen LogP contribution in [0.25, 0.3) is 22.4 Å². The van der Waals surface area contributed by atoms with Gasteiger partial charge in [0.05, 0.1) is 11.3 Å². The van der Waals surface area contributed by atoms with Crippen LogP contribution in [0, 0.1) is 0 Å². The molecule has 0 unspecified atom stereocenters. The van der Waals surface area contributed by atoms with Gasteiger partial charge in [-0.2, -0.15) is 13.1 Å². The van der Waals surface area contributed by atoms with Gasteiger partial charge in [-0.05, 0) is 59.4 Å². The number of carbonyl (C=O) groups excluding carboxylic acids is 4. The Hall–Kier alpha value is -6.64. The van der Waals surface area contributed by atoms with Gasteiger partial charge >= 0.3 is 5.97 Å². The summed E-state index contributed by atoms with van der Waals surface area (Å²) < 4.78 is 38.2. The van der Waals surface area contributed by atoms with Crippen LogP contribution in [-0.2, 0) is 41.2 Å². The second-order valence-corrected chi connectivity index (χ2v) is 19.6. The van der Waals surface area contributed by atoms with E-state index in [4.69, 9.17) is 43.4 Å². The Morgan fingerprint density at radius 2 is 1.55 bits per heavy atom. The van der Waals surface area contributed by atoms with Crippen LogP contribution in [0.2, 0.25) is 5.15 Å². The monoisotopic (exact) mass is 1030 g/mol. The van der Waals surface area contributed by atoms with E-state index in [0.717, 1.165) is 23.6 Å². The molecule has 4 bridgehead atoms. The largest absolute Gasteiger partial charge is 0.504 e. The quantitative estimate of drug-likeness (QED) is 0.0608. The van der Waals surface area contributed by atoms with Crippen molar-refractivity contribution < 1.29 is 62.3 Å². The molecule has 4 aromatic rings. The molecule has 1 aliphatic rings. The number of carbonyl (C=O) groups is 5. The average Bonchev–Trinajstić information content (AvgIpc) is 3.30. The number of likely N-dealkylation sites (N-methyl/N-ethyl adjacent to an activating group) is 1. The Labute approximate surface area is 414 Å². The Bertz CT molecular complexity index is 2740. The molecule has 3 aromatic carbocycles. The van der Waals surface area contributed by atoms with E-state index in [0.29, 0.717) is 16.8 Å². The lowest BCUT2D eigenvalue weighted by Gasteiger charge is -2.33. The fourth-order valence-corrected chi connectivity index (χ4v) is 8.03. The van der Waals surface area contributed by atoms with Gasteiger partial charge in [0, 0.05) is 55.5 Å². The van der Waals surface area contributed by atoms with Crippen molar-refractivity contribution in [3.05, 3.63) is 88.1 Å². The van der Waals surface area contributed by atoms with Crippen LogP contribution in [-0.4, -0.2) is 139 Å². The van der Waals surface area contributed by atoms with Gasteiger partial charge < -0.3 is 68.0 Å². The second-order valence-electron chi connectivity index (χ2n) is 17.8. The number of aliphatic carboxylic acids is 1. The number of nitrogen functional groups attached to an aromatic ring is 1. The van der Waals surface area contributed by atoms with E-state index in [9.17, 15) is 52.8 Å². The first-order valence-corrected chi connectivity index (χ1v) is 23.9. The minimum atomic E-state index is -4.56. The Morgan fingerprint density at radius 1 is 0.930 bits per heavy atom. The molecular formula is C46H59ClN10O13S. The van der Waals surface area contributed by atoms with Gasteiger partial charge in [-0.1, -0.05) is 62.7 Å². The molecule has 25 heteroatoms. The molecule has 16 N–H and O–H groups in total. The van der Waals surface area contributed by atoms with E-state index >= 15 is 0 Å². The van der Waals surface area contributed by atoms with Gasteiger partial charge in [0.25, 0.3) is 16.1 Å². The van der Waals surface area contributed by atoms with Gasteiger partial charge in [0.15, 0.2) is 11.5 Å². The highest BCUT2D eigenvalue weighted by atomic mass is 35.5. The van der Waals surface area contributed by atoms with E-state index in [1.165, 1.54) is 37.3 Å². The molecule has 71 heavy (non-hydrogen) atoms. The highest BCUT2D eigenvalue weighted by Gasteiger charge is 2.38. The van der Waals surface area contributed by atoms with Gasteiger partial charge in [0.1, 0.15) is 60.5 Å². The van der Waals surface area contributed by atoms with Gasteiger partial charge in [-0.3, -0.25) is 19.2 Å². The normalized spacial score (nSPS) is 17.6. The number of halogens is 1. The molecule has 0 aliphatic carbocycles. The van der Waals surface area contributed by atoms with Crippen molar-refractivity contribution in [1.82, 2.24) is 30.6 Å². The minimum absolute atomic E-state index is 0.000514. The zero-order valence-corrected chi connectivity index (χ0v) is 41.0. The Balaban J connectivity index is 1.67. The van der Waals surface area contributed by atoms with Crippen molar-refractivity contribution in [2.24, 2.45) is 16.6 Å². The highest BCUT2D eigenvalue weighted by Crippen LogP contribution is 2.45. The molecule has 0 fully saturated rings. The van der Waals surface area contributed by atoms with Gasteiger partial charge in [0.2, 0.25) is 17.7 Å². The third-order valence-corrected chi connectivity index (χ3v) is 12.2. The number of hydrogen-bond acceptors (Lipinski definition) is 16. The number of amides is 4. The van der Waals surface area contributed by atoms with Crippen LogP contribution in [0.3, 0.4) is 0 Å². The topological polar surface area (TPSA) is 387 Å². The summed E-state index contributed by atoms with van der Waals surface area (Å²) in [5, 5.41) is 54.8. The number of fused-ring (bicyclic) bond motifs is 5. The number of nitrogens with one attached hydrogen (secondary N) is 4. The van der Waals surface area contributed by atoms with E-state index in [-0.39, 0.29) is 70.6 Å². The molecule has 5 rings (SSSR count). The molecule has 0 saturated carbocycles. The van der Waals surface area contributed by atoms with Crippen molar-refractivity contribution in [2.75, 3.05) is 45.6 Å². The van der Waals surface area contributed by atoms with Crippen molar-refractivity contribution in [3.8, 4) is 39.6 Å². The number of nitrogens with zero attached hydrogens (tertiary/aromatic N) is 2. The maximum Gasteiger partial charge on any atom is 0.326 e. The number of phenolic OH excluding ortho intramolecular Hbond substituents is 1. The number of aliphatic hydroxyl groups excluding tert-OH is 2. The van der Waals surface area contributed by atoms with Gasteiger partial charge in [-0.15, -0.1) is 0 Å². The summed E-state index contributed by atoms with van der Waals surface area (Å²) >= 11 is 6.58. The van der Waals surface area contributed by atoms with Crippen molar-refractivity contribution in [1.29, 1.82) is 0 Å². The van der Waals surface area contributed by atoms with Crippen LogP contribution < -0.4 is 52.5 Å². The number of aromatic hydroxyl groups is 1. The maximum absolute atomic E-state index is 14.8. The predicted molar refractivity (Wildman–Crippen MR) is 261 cm³/mol. The first-order valence-electron chi connectivity index (χ1n) is 22.0. The Kier molecular flexibility index (Phi) is 18.0. The number of carboxylic acids is 1. The fourth-order valence-electron chi connectivity index (χ4n) is 7.34. The summed E-state index contributed by atoms with van der Waals surface area (Å²) in [4.78, 5) is 74.8. The summed E-state index contributed by atoms with van der Waals surface area (Å²) in [5.74, 6) is -6.73. The van der Waals surface area contributed by atoms with Crippen molar-refractivity contribution >= 4 is 57.1 Å². The zero-order valence-electron chi connectivity index (χ0n) is 39.4. The lowest BCUT2D eigenvalue weighted by atomic mass is 9.86. The number of rotatable bonds is 17. The maximum atomic E-state index is 14.8. The molecule has 1 aromatic heterocycles. The minimum Gasteiger partial charge on any atom is -0.504 e. The lowest BCUT2D eigenvalue weighted by Crippen LogP contribution is -2.57. The number of phenols is 1. The number of benzene rings is 3. The number of anilines is 1. The average molecular weight is 1030 g/mol. The SMILES string of the molecule is C[C@@H]1NC(=O)[C@@H](N(C)C(=O)[C@H](CNS(N)(=O)=O)NC(=O)c2c(N)cc(-c3ccc(C(C)(C)C)cc3)nc2Cl)c2cc(OC[C@H](O)CN)c(O)c(c2)-c2cc(ccc2OC[C@H](O)CN)C[C@@H](C(=O)O)NC1=O. The third kappa shape index (κ3) is 14.0. The molecule has 384 valence electrons. The standard InChI is InChI=1S/C46H59ClN10O13S/c1-22-41(61)55-33(45(65)66)13-23-6-11-35(69-20-27(58)17-48)29(12-23)30-14-25(15-36(39(30)60)70-21-28(59)18-49)38(43(63)53-22)57(5)44(64)34(19-52-71(51,67)68)56-42(62)37-31(50)16-32(54-40(37)47)24-7-9-26(10-8-24)46(2,3)4/h6-12,14-16,22,27-28,33-34,38,52,58-60H,13,17-21,48-49H2,1-5H3,(H2,50,54)(H,53,63)(H,55,61)(H,56,62)(H,65,66)(H2,51,67,68)/t22-,27+,28+,33-,34-,38-/m0/s1. The number of aliphatic hydroxyl groups is 2. The fraction of sp³-hybridized carbons (Fsp3) is 0.391. The molecule has 0 radical (unpaired) electrons. The second kappa shape index (κ2) is 23.1. The number of carboxylic acid groups (broad SMARTS) is 1. The van der Waals surface area contributed by atoms with E-state index < -0.39 is 101 Å². The van der Waals surface area contributed by atoms with Gasteiger partial charge in [-0.25, -0.2) is 14.9 Å². The van der Waals surface area contributed by atoms with Crippen LogP contribution in [0.5, 0.6) is 17.2 Å². The number of aromatic nitrogens is 1. The van der Waals surface area contributed by atoms with Crippen LogP contribution in [0.1, 0.15) is 60.8 Å². The smallest absolute Gasteiger partial charge is 0.326 e. The lowest BCUT2D eigenvalue weighted by molar-refractivity contribution is -0.143. The van der Waals surface area contributed by atoms with Crippen LogP contribution in [0.4, 0.5) is 5.69 Å². The zero-order chi connectivity index (χ0) is 52.7. The van der Waals surface area contributed by atoms with E-state index in [1.54, 1.807) is 12.1 Å². The van der Waals surface area contributed by atoms with Crippen molar-refractivity contribution in [2.45, 2.75) is 75.9 Å². The first kappa shape index (κ1) is 55.3. The van der Waals surface area contributed by atoms with Crippen LogP contribution in [0.15, 0.2) is 60.7 Å². The number of nitrogens with two attached hydrogens (primary N) is 4. The van der Waals surface area contributed by atoms with E-state index in [2.05, 4.69) is 20.9 Å². The summed E-state index contributed by atoms with van der Waals surface area (Å²) in [6, 6.07) is 8.71. The van der Waals surface area contributed by atoms with Crippen LogP contribution >= 0.6 is 11.6 Å². The first-order chi connectivity index (χ1) is 33.2. The number of pyridine rings is 1. The summed E-state index contributed by atoms with van der Waals surface area (Å²) in [7, 11) is -3.45. The molecule has 1 aliphatic heterocycles. The number of ether oxygens (including phenoxy) is 2. The molecule has 6 atom stereocenters.